The molecular formula is C23H23ClF3NO5. The van der Waals surface area contributed by atoms with Crippen molar-refractivity contribution in [1.29, 1.82) is 0 Å². The molecule has 1 heterocycles. The summed E-state index contributed by atoms with van der Waals surface area (Å²) in [6, 6.07) is 7.27. The highest BCUT2D eigenvalue weighted by molar-refractivity contribution is 6.34. The number of halogens is 4. The van der Waals surface area contributed by atoms with Crippen LogP contribution in [0.3, 0.4) is 0 Å². The molecule has 1 saturated heterocycles. The SMILES string of the molecule is O=C(O)Cc1ccc(Cl)c(NC(=O)c2ccc(OCCC3CCCCO3)cc2C(F)(F)F)c1. The third-order valence-corrected chi connectivity index (χ3v) is 5.49. The number of hydrogen-bond acceptors (Lipinski definition) is 4. The molecule has 2 aromatic carbocycles. The van der Waals surface area contributed by atoms with Crippen molar-refractivity contribution >= 4 is 29.2 Å². The Morgan fingerprint density at radius 3 is 2.64 bits per heavy atom. The van der Waals surface area contributed by atoms with E-state index in [-0.39, 0.29) is 35.6 Å². The number of carbonyl (C=O) groups is 2. The number of carboxylic acid groups (broad SMARTS) is 1. The summed E-state index contributed by atoms with van der Waals surface area (Å²) >= 11 is 6.03. The lowest BCUT2D eigenvalue weighted by Gasteiger charge is -2.22. The molecule has 10 heteroatoms. The average molecular weight is 486 g/mol. The fraction of sp³-hybridized carbons (Fsp3) is 0.391. The van der Waals surface area contributed by atoms with E-state index in [1.54, 1.807) is 0 Å². The summed E-state index contributed by atoms with van der Waals surface area (Å²) in [5.41, 5.74) is -1.40. The Balaban J connectivity index is 1.75. The second-order valence-corrected chi connectivity index (χ2v) is 8.08. The molecule has 0 radical (unpaired) electrons. The maximum atomic E-state index is 13.7. The summed E-state index contributed by atoms with van der Waals surface area (Å²) in [6.07, 6.45) is -1.58. The van der Waals surface area contributed by atoms with Gasteiger partial charge in [-0.05, 0) is 55.2 Å². The topological polar surface area (TPSA) is 84.9 Å². The van der Waals surface area contributed by atoms with E-state index >= 15 is 0 Å². The number of hydrogen-bond donors (Lipinski definition) is 2. The highest BCUT2D eigenvalue weighted by Gasteiger charge is 2.36. The van der Waals surface area contributed by atoms with Gasteiger partial charge < -0.3 is 19.9 Å². The first-order valence-corrected chi connectivity index (χ1v) is 10.8. The number of alkyl halides is 3. The molecule has 2 aromatic rings. The lowest BCUT2D eigenvalue weighted by Crippen LogP contribution is -2.21. The summed E-state index contributed by atoms with van der Waals surface area (Å²) in [7, 11) is 0. The van der Waals surface area contributed by atoms with Crippen LogP contribution in [0.5, 0.6) is 5.75 Å². The van der Waals surface area contributed by atoms with Gasteiger partial charge in [0.25, 0.3) is 5.91 Å². The number of nitrogens with one attached hydrogen (secondary N) is 1. The van der Waals surface area contributed by atoms with E-state index in [1.807, 2.05) is 0 Å². The first-order valence-electron chi connectivity index (χ1n) is 10.4. The first-order chi connectivity index (χ1) is 15.6. The van der Waals surface area contributed by atoms with Crippen LogP contribution >= 0.6 is 11.6 Å². The van der Waals surface area contributed by atoms with Crippen LogP contribution in [-0.4, -0.2) is 36.3 Å². The highest BCUT2D eigenvalue weighted by Crippen LogP contribution is 2.35. The molecule has 0 saturated carbocycles. The zero-order valence-corrected chi connectivity index (χ0v) is 18.3. The second kappa shape index (κ2) is 10.9. The van der Waals surface area contributed by atoms with Crippen molar-refractivity contribution in [3.63, 3.8) is 0 Å². The molecule has 1 aliphatic rings. The van der Waals surface area contributed by atoms with E-state index < -0.39 is 29.2 Å². The molecular weight excluding hydrogens is 463 g/mol. The Kier molecular flexibility index (Phi) is 8.20. The lowest BCUT2D eigenvalue weighted by molar-refractivity contribution is -0.138. The van der Waals surface area contributed by atoms with Gasteiger partial charge in [0.1, 0.15) is 5.75 Å². The predicted molar refractivity (Wildman–Crippen MR) is 116 cm³/mol. The number of amides is 1. The van der Waals surface area contributed by atoms with Gasteiger partial charge in [-0.2, -0.15) is 13.2 Å². The number of benzene rings is 2. The van der Waals surface area contributed by atoms with Crippen molar-refractivity contribution in [2.45, 2.75) is 44.4 Å². The van der Waals surface area contributed by atoms with Gasteiger partial charge in [-0.3, -0.25) is 9.59 Å². The summed E-state index contributed by atoms with van der Waals surface area (Å²) in [4.78, 5) is 23.6. The zero-order chi connectivity index (χ0) is 24.0. The van der Waals surface area contributed by atoms with Gasteiger partial charge in [0.2, 0.25) is 0 Å². The summed E-state index contributed by atoms with van der Waals surface area (Å²) in [5.74, 6) is -2.13. The normalized spacial score (nSPS) is 16.3. The number of carboxylic acids is 1. The Labute approximate surface area is 193 Å². The van der Waals surface area contributed by atoms with Crippen LogP contribution in [0.1, 0.15) is 47.2 Å². The molecule has 1 amide bonds. The molecule has 2 N–H and O–H groups in total. The van der Waals surface area contributed by atoms with Crippen LogP contribution in [0.25, 0.3) is 0 Å². The Hall–Kier alpha value is -2.78. The van der Waals surface area contributed by atoms with E-state index in [1.165, 1.54) is 24.3 Å². The molecule has 1 fully saturated rings. The lowest BCUT2D eigenvalue weighted by atomic mass is 10.0. The van der Waals surface area contributed by atoms with Crippen molar-refractivity contribution in [2.75, 3.05) is 18.5 Å². The first kappa shape index (κ1) is 24.9. The Morgan fingerprint density at radius 2 is 1.97 bits per heavy atom. The third kappa shape index (κ3) is 7.10. The number of aliphatic carboxylic acids is 1. The van der Waals surface area contributed by atoms with Crippen molar-refractivity contribution in [3.8, 4) is 5.75 Å². The molecule has 33 heavy (non-hydrogen) atoms. The van der Waals surface area contributed by atoms with Crippen LogP contribution in [0.15, 0.2) is 36.4 Å². The number of rotatable bonds is 8. The molecule has 1 atom stereocenters. The number of carbonyl (C=O) groups excluding carboxylic acids is 1. The minimum atomic E-state index is -4.80. The van der Waals surface area contributed by atoms with Gasteiger partial charge in [-0.1, -0.05) is 17.7 Å². The Morgan fingerprint density at radius 1 is 1.18 bits per heavy atom. The molecule has 3 rings (SSSR count). The van der Waals surface area contributed by atoms with E-state index in [2.05, 4.69) is 5.32 Å². The quantitative estimate of drug-likeness (QED) is 0.510. The van der Waals surface area contributed by atoms with Crippen LogP contribution in [0, 0.1) is 0 Å². The number of anilines is 1. The molecule has 1 aliphatic heterocycles. The van der Waals surface area contributed by atoms with E-state index in [4.69, 9.17) is 26.2 Å². The molecule has 0 aromatic heterocycles. The van der Waals surface area contributed by atoms with E-state index in [9.17, 15) is 22.8 Å². The maximum absolute atomic E-state index is 13.7. The summed E-state index contributed by atoms with van der Waals surface area (Å²) in [5, 5.41) is 11.3. The molecule has 6 nitrogen and oxygen atoms in total. The van der Waals surface area contributed by atoms with Crippen molar-refractivity contribution in [3.05, 3.63) is 58.1 Å². The predicted octanol–water partition coefficient (Wildman–Crippen LogP) is 5.58. The van der Waals surface area contributed by atoms with E-state index in [0.717, 1.165) is 31.4 Å². The minimum absolute atomic E-state index is 0.00354. The smallest absolute Gasteiger partial charge is 0.417 e. The largest absolute Gasteiger partial charge is 0.493 e. The van der Waals surface area contributed by atoms with Crippen LogP contribution in [0.2, 0.25) is 5.02 Å². The van der Waals surface area contributed by atoms with Crippen LogP contribution < -0.4 is 10.1 Å². The number of ether oxygens (including phenoxy) is 2. The minimum Gasteiger partial charge on any atom is -0.493 e. The van der Waals surface area contributed by atoms with E-state index in [0.29, 0.717) is 18.6 Å². The fourth-order valence-electron chi connectivity index (χ4n) is 3.53. The van der Waals surface area contributed by atoms with Crippen LogP contribution in [0.4, 0.5) is 18.9 Å². The van der Waals surface area contributed by atoms with Crippen LogP contribution in [-0.2, 0) is 22.1 Å². The second-order valence-electron chi connectivity index (χ2n) is 7.67. The van der Waals surface area contributed by atoms with Gasteiger partial charge in [-0.15, -0.1) is 0 Å². The molecule has 0 bridgehead atoms. The standard InChI is InChI=1S/C23H23ClF3NO5/c24-19-7-4-14(12-21(29)30)11-20(19)28-22(31)17-6-5-16(13-18(17)23(25,26)27)33-10-8-15-3-1-2-9-32-15/h4-7,11,13,15H,1-3,8-10,12H2,(H,28,31)(H,29,30). The monoisotopic (exact) mass is 485 g/mol. The third-order valence-electron chi connectivity index (χ3n) is 5.16. The van der Waals surface area contributed by atoms with Crippen molar-refractivity contribution in [1.82, 2.24) is 0 Å². The maximum Gasteiger partial charge on any atom is 0.417 e. The molecule has 0 spiro atoms. The van der Waals surface area contributed by atoms with Gasteiger partial charge in [0.05, 0.1) is 41.0 Å². The average Bonchev–Trinajstić information content (AvgIpc) is 2.76. The molecule has 178 valence electrons. The van der Waals surface area contributed by atoms with Gasteiger partial charge >= 0.3 is 12.1 Å². The highest BCUT2D eigenvalue weighted by atomic mass is 35.5. The van der Waals surface area contributed by atoms with Gasteiger partial charge in [-0.25, -0.2) is 0 Å². The molecule has 1 unspecified atom stereocenters. The molecule has 0 aliphatic carbocycles. The zero-order valence-electron chi connectivity index (χ0n) is 17.6. The fourth-order valence-corrected chi connectivity index (χ4v) is 3.70. The van der Waals surface area contributed by atoms with Gasteiger partial charge in [0, 0.05) is 13.0 Å². The summed E-state index contributed by atoms with van der Waals surface area (Å²) < 4.78 is 52.1. The van der Waals surface area contributed by atoms with Gasteiger partial charge in [0.15, 0.2) is 0 Å². The van der Waals surface area contributed by atoms with Crippen molar-refractivity contribution < 1.29 is 37.3 Å². The Bertz CT molecular complexity index is 1010. The van der Waals surface area contributed by atoms with Crippen molar-refractivity contribution in [2.24, 2.45) is 0 Å². The summed E-state index contributed by atoms with van der Waals surface area (Å²) in [6.45, 7) is 0.870.